The molecule has 0 aliphatic heterocycles. The fourth-order valence-corrected chi connectivity index (χ4v) is 4.15. The minimum atomic E-state index is -0.768. The van der Waals surface area contributed by atoms with Crippen LogP contribution in [-0.4, -0.2) is 15.4 Å². The van der Waals surface area contributed by atoms with Crippen molar-refractivity contribution in [1.82, 2.24) is 0 Å². The molecule has 108 valence electrons. The molecule has 1 N–H and O–H groups in total. The third kappa shape index (κ3) is 5.42. The van der Waals surface area contributed by atoms with Crippen LogP contribution < -0.4 is 0 Å². The number of carbonyl (C=O) groups is 1. The van der Waals surface area contributed by atoms with Crippen LogP contribution in [0.2, 0.25) is 0 Å². The van der Waals surface area contributed by atoms with Crippen LogP contribution in [0.15, 0.2) is 22.7 Å². The number of rotatable bonds is 8. The van der Waals surface area contributed by atoms with Gasteiger partial charge in [0.25, 0.3) is 0 Å². The van der Waals surface area contributed by atoms with Crippen molar-refractivity contribution in [2.75, 3.05) is 0 Å². The molecule has 2 unspecified atom stereocenters. The number of aliphatic carboxylic acids is 1. The van der Waals surface area contributed by atoms with E-state index in [0.717, 1.165) is 17.3 Å². The van der Waals surface area contributed by atoms with Gasteiger partial charge in [-0.05, 0) is 6.42 Å². The van der Waals surface area contributed by atoms with E-state index >= 15 is 0 Å². The lowest BCUT2D eigenvalue weighted by Crippen LogP contribution is -2.35. The minimum absolute atomic E-state index is 0.447. The fourth-order valence-electron chi connectivity index (χ4n) is 2.41. The molecule has 0 heterocycles. The maximum Gasteiger partial charge on any atom is 0.312 e. The molecular formula is C15H22Br2O2. The summed E-state index contributed by atoms with van der Waals surface area (Å²) in [7, 11) is 0. The number of hydrogen-bond donors (Lipinski definition) is 1. The second-order valence-electron chi connectivity index (χ2n) is 5.15. The van der Waals surface area contributed by atoms with Crippen LogP contribution in [0.25, 0.3) is 0 Å². The summed E-state index contributed by atoms with van der Waals surface area (Å²) in [4.78, 5) is 11.3. The molecule has 1 rings (SSSR count). The average Bonchev–Trinajstić information content (AvgIpc) is 2.33. The molecule has 0 aromatic heterocycles. The number of halogens is 2. The van der Waals surface area contributed by atoms with E-state index in [4.69, 9.17) is 0 Å². The van der Waals surface area contributed by atoms with E-state index in [2.05, 4.69) is 38.8 Å². The van der Waals surface area contributed by atoms with Crippen molar-refractivity contribution < 1.29 is 9.90 Å². The number of carboxylic acids is 1. The van der Waals surface area contributed by atoms with Crippen molar-refractivity contribution in [1.29, 1.82) is 0 Å². The number of unbranched alkanes of at least 4 members (excludes halogenated alkanes) is 5. The van der Waals surface area contributed by atoms with Crippen molar-refractivity contribution in [3.63, 3.8) is 0 Å². The standard InChI is InChI=1S/C15H22Br2O2/c1-2-3-4-5-6-7-10-15(17)11-12(16)8-9-13(15)14(18)19/h8-9,11,13H,2-7,10H2,1H3,(H,18,19). The monoisotopic (exact) mass is 392 g/mol. The Hall–Kier alpha value is -0.0900. The van der Waals surface area contributed by atoms with Gasteiger partial charge in [-0.25, -0.2) is 0 Å². The molecule has 19 heavy (non-hydrogen) atoms. The quantitative estimate of drug-likeness (QED) is 0.441. The zero-order chi connectivity index (χ0) is 14.3. The number of alkyl halides is 1. The predicted octanol–water partition coefficient (Wildman–Crippen LogP) is 5.42. The summed E-state index contributed by atoms with van der Waals surface area (Å²) in [6.45, 7) is 2.21. The molecule has 1 aliphatic rings. The smallest absolute Gasteiger partial charge is 0.312 e. The topological polar surface area (TPSA) is 37.3 Å². The Balaban J connectivity index is 2.47. The molecule has 1 aliphatic carbocycles. The molecule has 2 nitrogen and oxygen atoms in total. The van der Waals surface area contributed by atoms with Gasteiger partial charge in [-0.15, -0.1) is 0 Å². The van der Waals surface area contributed by atoms with Crippen molar-refractivity contribution in [3.8, 4) is 0 Å². The lowest BCUT2D eigenvalue weighted by atomic mass is 9.84. The Morgan fingerprint density at radius 3 is 2.58 bits per heavy atom. The molecule has 0 bridgehead atoms. The van der Waals surface area contributed by atoms with E-state index in [1.54, 1.807) is 6.08 Å². The molecule has 0 aromatic rings. The average molecular weight is 394 g/mol. The molecule has 0 spiro atoms. The number of hydrogen-bond acceptors (Lipinski definition) is 1. The summed E-state index contributed by atoms with van der Waals surface area (Å²) >= 11 is 7.08. The lowest BCUT2D eigenvalue weighted by molar-refractivity contribution is -0.140. The summed E-state index contributed by atoms with van der Waals surface area (Å²) < 4.78 is 0.504. The Kier molecular flexibility index (Phi) is 7.37. The second-order valence-corrected chi connectivity index (χ2v) is 7.54. The van der Waals surface area contributed by atoms with Crippen LogP contribution in [0, 0.1) is 5.92 Å². The highest BCUT2D eigenvalue weighted by molar-refractivity contribution is 9.12. The van der Waals surface area contributed by atoms with Gasteiger partial charge >= 0.3 is 5.97 Å². The summed E-state index contributed by atoms with van der Waals surface area (Å²) in [6, 6.07) is 0. The largest absolute Gasteiger partial charge is 0.481 e. The van der Waals surface area contributed by atoms with Gasteiger partial charge in [-0.1, -0.05) is 95.5 Å². The lowest BCUT2D eigenvalue weighted by Gasteiger charge is -2.31. The van der Waals surface area contributed by atoms with Gasteiger partial charge in [-0.3, -0.25) is 4.79 Å². The zero-order valence-corrected chi connectivity index (χ0v) is 14.5. The van der Waals surface area contributed by atoms with Crippen molar-refractivity contribution in [3.05, 3.63) is 22.7 Å². The molecule has 0 radical (unpaired) electrons. The first kappa shape index (κ1) is 17.0. The van der Waals surface area contributed by atoms with Crippen LogP contribution in [0.4, 0.5) is 0 Å². The van der Waals surface area contributed by atoms with Crippen LogP contribution in [-0.2, 0) is 4.79 Å². The maximum atomic E-state index is 11.3. The molecule has 2 atom stereocenters. The Bertz CT molecular complexity index is 363. The Morgan fingerprint density at radius 2 is 1.95 bits per heavy atom. The predicted molar refractivity (Wildman–Crippen MR) is 86.9 cm³/mol. The molecular weight excluding hydrogens is 372 g/mol. The molecule has 0 saturated carbocycles. The van der Waals surface area contributed by atoms with Crippen molar-refractivity contribution >= 4 is 37.8 Å². The van der Waals surface area contributed by atoms with Crippen LogP contribution >= 0.6 is 31.9 Å². The van der Waals surface area contributed by atoms with Crippen molar-refractivity contribution in [2.45, 2.75) is 56.2 Å². The Labute approximate surface area is 132 Å². The molecule has 0 saturated heterocycles. The summed E-state index contributed by atoms with van der Waals surface area (Å²) in [6.07, 6.45) is 13.7. The van der Waals surface area contributed by atoms with Gasteiger partial charge < -0.3 is 5.11 Å². The van der Waals surface area contributed by atoms with Crippen LogP contribution in [0.1, 0.15) is 51.9 Å². The van der Waals surface area contributed by atoms with Gasteiger partial charge in [0.15, 0.2) is 0 Å². The van der Waals surface area contributed by atoms with Gasteiger partial charge in [0.05, 0.1) is 10.2 Å². The SMILES string of the molecule is CCCCCCCCC1(Br)C=C(Br)C=CC1C(=O)O. The van der Waals surface area contributed by atoms with E-state index < -0.39 is 16.2 Å². The highest BCUT2D eigenvalue weighted by Gasteiger charge is 2.39. The van der Waals surface area contributed by atoms with Gasteiger partial charge in [0, 0.05) is 4.48 Å². The van der Waals surface area contributed by atoms with E-state index in [1.165, 1.54) is 32.1 Å². The first-order chi connectivity index (χ1) is 8.99. The molecule has 0 fully saturated rings. The van der Waals surface area contributed by atoms with Crippen molar-refractivity contribution in [2.24, 2.45) is 5.92 Å². The normalized spacial score (nSPS) is 26.3. The van der Waals surface area contributed by atoms with E-state index in [0.29, 0.717) is 0 Å². The number of carboxylic acid groups (broad SMARTS) is 1. The highest BCUT2D eigenvalue weighted by Crippen LogP contribution is 2.41. The third-order valence-electron chi connectivity index (χ3n) is 3.52. The maximum absolute atomic E-state index is 11.3. The first-order valence-electron chi connectivity index (χ1n) is 6.98. The fraction of sp³-hybridized carbons (Fsp3) is 0.667. The van der Waals surface area contributed by atoms with E-state index in [-0.39, 0.29) is 0 Å². The molecule has 4 heteroatoms. The van der Waals surface area contributed by atoms with Crippen LogP contribution in [0.3, 0.4) is 0 Å². The van der Waals surface area contributed by atoms with Gasteiger partial charge in [0.1, 0.15) is 0 Å². The highest BCUT2D eigenvalue weighted by atomic mass is 79.9. The summed E-state index contributed by atoms with van der Waals surface area (Å²) in [5.74, 6) is -1.25. The van der Waals surface area contributed by atoms with Gasteiger partial charge in [0.2, 0.25) is 0 Å². The van der Waals surface area contributed by atoms with E-state index in [9.17, 15) is 9.90 Å². The Morgan fingerprint density at radius 1 is 1.32 bits per heavy atom. The minimum Gasteiger partial charge on any atom is -0.481 e. The number of allylic oxidation sites excluding steroid dienone is 3. The van der Waals surface area contributed by atoms with Gasteiger partial charge in [-0.2, -0.15) is 0 Å². The third-order valence-corrected chi connectivity index (χ3v) is 5.13. The molecule has 0 aromatic carbocycles. The summed E-state index contributed by atoms with van der Waals surface area (Å²) in [5.41, 5.74) is 0. The second kappa shape index (κ2) is 8.25. The van der Waals surface area contributed by atoms with E-state index in [1.807, 2.05) is 12.2 Å². The first-order valence-corrected chi connectivity index (χ1v) is 8.56. The molecule has 0 amide bonds. The van der Waals surface area contributed by atoms with Crippen LogP contribution in [0.5, 0.6) is 0 Å². The summed E-state index contributed by atoms with van der Waals surface area (Å²) in [5, 5.41) is 9.31. The zero-order valence-electron chi connectivity index (χ0n) is 11.4.